The minimum Gasteiger partial charge on any atom is -0.312 e. The van der Waals surface area contributed by atoms with Gasteiger partial charge < -0.3 is 5.32 Å². The molecule has 1 saturated heterocycles. The van der Waals surface area contributed by atoms with E-state index < -0.39 is 10.0 Å². The summed E-state index contributed by atoms with van der Waals surface area (Å²) in [4.78, 5) is 0. The number of hydrogen-bond acceptors (Lipinski definition) is 4. The zero-order valence-electron chi connectivity index (χ0n) is 8.45. The molecule has 0 amide bonds. The van der Waals surface area contributed by atoms with E-state index in [9.17, 15) is 8.42 Å². The van der Waals surface area contributed by atoms with E-state index in [0.717, 1.165) is 12.2 Å². The molecule has 0 aliphatic carbocycles. The predicted octanol–water partition coefficient (Wildman–Crippen LogP) is 0.0208. The molecule has 1 unspecified atom stereocenters. The van der Waals surface area contributed by atoms with Crippen LogP contribution >= 0.6 is 11.8 Å². The Kier molecular flexibility index (Phi) is 5.22. The Labute approximate surface area is 90.3 Å². The van der Waals surface area contributed by atoms with Crippen molar-refractivity contribution in [3.63, 3.8) is 0 Å². The molecule has 84 valence electrons. The lowest BCUT2D eigenvalue weighted by Gasteiger charge is -2.10. The second kappa shape index (κ2) is 5.95. The van der Waals surface area contributed by atoms with Gasteiger partial charge >= 0.3 is 0 Å². The molecule has 1 atom stereocenters. The third kappa shape index (κ3) is 4.63. The molecule has 1 heterocycles. The van der Waals surface area contributed by atoms with Crippen molar-refractivity contribution in [2.45, 2.75) is 19.4 Å². The first-order valence-corrected chi connectivity index (χ1v) is 7.73. The van der Waals surface area contributed by atoms with Crippen molar-refractivity contribution in [2.24, 2.45) is 0 Å². The van der Waals surface area contributed by atoms with Crippen LogP contribution in [0.4, 0.5) is 0 Å². The summed E-state index contributed by atoms with van der Waals surface area (Å²) in [6.45, 7) is 2.82. The van der Waals surface area contributed by atoms with Gasteiger partial charge in [-0.1, -0.05) is 6.92 Å². The van der Waals surface area contributed by atoms with Crippen LogP contribution in [0.3, 0.4) is 0 Å². The average Bonchev–Trinajstić information content (AvgIpc) is 2.56. The van der Waals surface area contributed by atoms with Crippen molar-refractivity contribution >= 4 is 21.8 Å². The number of sulfonamides is 1. The van der Waals surface area contributed by atoms with Crippen molar-refractivity contribution in [3.05, 3.63) is 0 Å². The predicted molar refractivity (Wildman–Crippen MR) is 61.2 cm³/mol. The SMILES string of the molecule is CCNS(=O)(=O)CCNC1CCSC1. The summed E-state index contributed by atoms with van der Waals surface area (Å²) in [6.07, 6.45) is 1.16. The lowest BCUT2D eigenvalue weighted by molar-refractivity contribution is 0.557. The van der Waals surface area contributed by atoms with Crippen LogP contribution in [0.1, 0.15) is 13.3 Å². The fourth-order valence-electron chi connectivity index (χ4n) is 1.39. The van der Waals surface area contributed by atoms with E-state index in [1.807, 2.05) is 11.8 Å². The van der Waals surface area contributed by atoms with Gasteiger partial charge in [-0.25, -0.2) is 13.1 Å². The molecule has 14 heavy (non-hydrogen) atoms. The Balaban J connectivity index is 2.13. The normalized spacial score (nSPS) is 22.8. The summed E-state index contributed by atoms with van der Waals surface area (Å²) in [6, 6.07) is 0.511. The standard InChI is InChI=1S/C8H18N2O2S2/c1-2-10-14(11,12)6-4-9-8-3-5-13-7-8/h8-10H,2-7H2,1H3. The number of rotatable bonds is 6. The van der Waals surface area contributed by atoms with Crippen LogP contribution in [0.25, 0.3) is 0 Å². The summed E-state index contributed by atoms with van der Waals surface area (Å²) in [7, 11) is -3.04. The summed E-state index contributed by atoms with van der Waals surface area (Å²) in [5, 5.41) is 3.26. The molecule has 0 radical (unpaired) electrons. The first-order valence-electron chi connectivity index (χ1n) is 4.92. The lowest BCUT2D eigenvalue weighted by Crippen LogP contribution is -2.36. The third-order valence-electron chi connectivity index (χ3n) is 2.10. The highest BCUT2D eigenvalue weighted by molar-refractivity contribution is 7.99. The Morgan fingerprint density at radius 2 is 2.29 bits per heavy atom. The van der Waals surface area contributed by atoms with Crippen LogP contribution < -0.4 is 10.0 Å². The van der Waals surface area contributed by atoms with Crippen molar-refractivity contribution < 1.29 is 8.42 Å². The molecule has 2 N–H and O–H groups in total. The van der Waals surface area contributed by atoms with Gasteiger partial charge in [0.15, 0.2) is 0 Å². The van der Waals surface area contributed by atoms with E-state index in [-0.39, 0.29) is 5.75 Å². The molecular weight excluding hydrogens is 220 g/mol. The van der Waals surface area contributed by atoms with E-state index in [2.05, 4.69) is 10.0 Å². The Hall–Kier alpha value is 0.220. The molecule has 1 aliphatic heterocycles. The van der Waals surface area contributed by atoms with E-state index in [1.54, 1.807) is 6.92 Å². The molecule has 4 nitrogen and oxygen atoms in total. The van der Waals surface area contributed by atoms with Gasteiger partial charge in [0.05, 0.1) is 5.75 Å². The summed E-state index contributed by atoms with van der Waals surface area (Å²) in [5.74, 6) is 2.49. The van der Waals surface area contributed by atoms with E-state index >= 15 is 0 Å². The zero-order valence-corrected chi connectivity index (χ0v) is 10.1. The maximum Gasteiger partial charge on any atom is 0.212 e. The van der Waals surface area contributed by atoms with Crippen molar-refractivity contribution in [1.29, 1.82) is 0 Å². The minimum atomic E-state index is -3.04. The van der Waals surface area contributed by atoms with E-state index in [1.165, 1.54) is 5.75 Å². The molecule has 0 aromatic carbocycles. The maximum atomic E-state index is 11.2. The first kappa shape index (κ1) is 12.3. The van der Waals surface area contributed by atoms with Gasteiger partial charge in [0.1, 0.15) is 0 Å². The number of thioether (sulfide) groups is 1. The fraction of sp³-hybridized carbons (Fsp3) is 1.00. The Morgan fingerprint density at radius 3 is 2.86 bits per heavy atom. The van der Waals surface area contributed by atoms with E-state index in [0.29, 0.717) is 19.1 Å². The third-order valence-corrected chi connectivity index (χ3v) is 4.73. The van der Waals surface area contributed by atoms with Crippen LogP contribution in [0.15, 0.2) is 0 Å². The molecule has 1 rings (SSSR count). The lowest BCUT2D eigenvalue weighted by atomic mass is 10.3. The second-order valence-corrected chi connectivity index (χ2v) is 6.41. The fourth-order valence-corrected chi connectivity index (χ4v) is 3.54. The molecule has 0 spiro atoms. The summed E-state index contributed by atoms with van der Waals surface area (Å²) in [5.41, 5.74) is 0. The monoisotopic (exact) mass is 238 g/mol. The van der Waals surface area contributed by atoms with Gasteiger partial charge in [-0.2, -0.15) is 11.8 Å². The van der Waals surface area contributed by atoms with Crippen molar-refractivity contribution in [2.75, 3.05) is 30.3 Å². The van der Waals surface area contributed by atoms with Crippen molar-refractivity contribution in [3.8, 4) is 0 Å². The van der Waals surface area contributed by atoms with Gasteiger partial charge in [-0.05, 0) is 12.2 Å². The van der Waals surface area contributed by atoms with Gasteiger partial charge in [-0.15, -0.1) is 0 Å². The Morgan fingerprint density at radius 1 is 1.50 bits per heavy atom. The van der Waals surface area contributed by atoms with Crippen LogP contribution in [-0.2, 0) is 10.0 Å². The molecule has 0 saturated carbocycles. The molecule has 6 heteroatoms. The number of hydrogen-bond donors (Lipinski definition) is 2. The zero-order chi connectivity index (χ0) is 10.4. The molecule has 0 bridgehead atoms. The molecule has 0 aromatic rings. The van der Waals surface area contributed by atoms with Crippen LogP contribution in [-0.4, -0.2) is 44.8 Å². The summed E-state index contributed by atoms with van der Waals surface area (Å²) >= 11 is 1.92. The highest BCUT2D eigenvalue weighted by atomic mass is 32.2. The average molecular weight is 238 g/mol. The quantitative estimate of drug-likeness (QED) is 0.685. The largest absolute Gasteiger partial charge is 0.312 e. The topological polar surface area (TPSA) is 58.2 Å². The van der Waals surface area contributed by atoms with Crippen LogP contribution in [0.5, 0.6) is 0 Å². The maximum absolute atomic E-state index is 11.2. The first-order chi connectivity index (χ1) is 6.64. The molecule has 1 fully saturated rings. The molecular formula is C8H18N2O2S2. The van der Waals surface area contributed by atoms with Gasteiger partial charge in [0.25, 0.3) is 0 Å². The smallest absolute Gasteiger partial charge is 0.212 e. The second-order valence-electron chi connectivity index (χ2n) is 3.33. The highest BCUT2D eigenvalue weighted by Crippen LogP contribution is 2.16. The van der Waals surface area contributed by atoms with Crippen LogP contribution in [0.2, 0.25) is 0 Å². The van der Waals surface area contributed by atoms with Crippen molar-refractivity contribution in [1.82, 2.24) is 10.0 Å². The van der Waals surface area contributed by atoms with Gasteiger partial charge in [0, 0.05) is 24.9 Å². The number of nitrogens with one attached hydrogen (secondary N) is 2. The Bertz CT molecular complexity index is 248. The molecule has 1 aliphatic rings. The van der Waals surface area contributed by atoms with Crippen LogP contribution in [0, 0.1) is 0 Å². The van der Waals surface area contributed by atoms with Gasteiger partial charge in [-0.3, -0.25) is 0 Å². The van der Waals surface area contributed by atoms with Gasteiger partial charge in [0.2, 0.25) is 10.0 Å². The van der Waals surface area contributed by atoms with E-state index in [4.69, 9.17) is 0 Å². The molecule has 0 aromatic heterocycles. The highest BCUT2D eigenvalue weighted by Gasteiger charge is 2.15. The minimum absolute atomic E-state index is 0.183. The summed E-state index contributed by atoms with van der Waals surface area (Å²) < 4.78 is 25.0.